The van der Waals surface area contributed by atoms with Crippen molar-refractivity contribution in [3.63, 3.8) is 0 Å². The van der Waals surface area contributed by atoms with Crippen molar-refractivity contribution >= 4 is 10.8 Å². The summed E-state index contributed by atoms with van der Waals surface area (Å²) in [6.07, 6.45) is 1.78. The topological polar surface area (TPSA) is 33.1 Å². The van der Waals surface area contributed by atoms with Gasteiger partial charge in [0.25, 0.3) is 0 Å². The highest BCUT2D eigenvalue weighted by atomic mass is 16.3. The number of hydrogen-bond donors (Lipinski definition) is 1. The molecular formula is C19H19NO. The third-order valence-corrected chi connectivity index (χ3v) is 4.06. The molecule has 3 aromatic rings. The fourth-order valence-electron chi connectivity index (χ4n) is 2.87. The van der Waals surface area contributed by atoms with Crippen LogP contribution in [-0.4, -0.2) is 10.1 Å². The molecule has 1 heterocycles. The summed E-state index contributed by atoms with van der Waals surface area (Å²) in [5.41, 5.74) is 4.40. The largest absolute Gasteiger partial charge is 0.386 e. The zero-order valence-corrected chi connectivity index (χ0v) is 12.4. The molecule has 0 aliphatic rings. The van der Waals surface area contributed by atoms with Gasteiger partial charge in [-0.2, -0.15) is 0 Å². The lowest BCUT2D eigenvalue weighted by atomic mass is 9.95. The molecule has 0 aliphatic heterocycles. The van der Waals surface area contributed by atoms with Gasteiger partial charge < -0.3 is 5.11 Å². The van der Waals surface area contributed by atoms with Crippen molar-refractivity contribution in [1.29, 1.82) is 0 Å². The van der Waals surface area contributed by atoms with Gasteiger partial charge in [0.05, 0.1) is 5.69 Å². The number of aliphatic hydroxyl groups excluding tert-OH is 1. The summed E-state index contributed by atoms with van der Waals surface area (Å²) in [4.78, 5) is 4.41. The van der Waals surface area contributed by atoms with Gasteiger partial charge in [-0.05, 0) is 42.0 Å². The summed E-state index contributed by atoms with van der Waals surface area (Å²) >= 11 is 0. The van der Waals surface area contributed by atoms with Crippen molar-refractivity contribution in [2.24, 2.45) is 0 Å². The molecule has 0 saturated heterocycles. The number of benzene rings is 2. The Morgan fingerprint density at radius 1 is 0.952 bits per heavy atom. The van der Waals surface area contributed by atoms with Crippen molar-refractivity contribution in [1.82, 2.24) is 4.98 Å². The zero-order chi connectivity index (χ0) is 14.8. The van der Waals surface area contributed by atoms with Crippen LogP contribution in [0.2, 0.25) is 0 Å². The van der Waals surface area contributed by atoms with Gasteiger partial charge in [0.2, 0.25) is 0 Å². The molecule has 2 heteroatoms. The van der Waals surface area contributed by atoms with E-state index in [2.05, 4.69) is 37.0 Å². The molecule has 3 rings (SSSR count). The Labute approximate surface area is 125 Å². The van der Waals surface area contributed by atoms with Crippen LogP contribution in [0.3, 0.4) is 0 Å². The van der Waals surface area contributed by atoms with Gasteiger partial charge in [-0.15, -0.1) is 0 Å². The van der Waals surface area contributed by atoms with Crippen molar-refractivity contribution in [3.05, 3.63) is 77.1 Å². The Morgan fingerprint density at radius 2 is 1.67 bits per heavy atom. The van der Waals surface area contributed by atoms with Crippen LogP contribution in [0.1, 0.15) is 28.5 Å². The highest BCUT2D eigenvalue weighted by Crippen LogP contribution is 2.26. The molecule has 0 bridgehead atoms. The number of aromatic nitrogens is 1. The van der Waals surface area contributed by atoms with E-state index in [0.717, 1.165) is 16.5 Å². The van der Waals surface area contributed by atoms with Crippen LogP contribution >= 0.6 is 0 Å². The molecule has 0 amide bonds. The van der Waals surface area contributed by atoms with E-state index in [9.17, 15) is 5.11 Å². The number of nitrogens with zero attached hydrogens (tertiary/aromatic N) is 1. The molecule has 2 aromatic carbocycles. The molecule has 0 spiro atoms. The Bertz CT molecular complexity index is 754. The van der Waals surface area contributed by atoms with Crippen LogP contribution in [0.5, 0.6) is 0 Å². The van der Waals surface area contributed by atoms with Gasteiger partial charge in [0.1, 0.15) is 6.10 Å². The van der Waals surface area contributed by atoms with Crippen LogP contribution < -0.4 is 0 Å². The van der Waals surface area contributed by atoms with Gasteiger partial charge in [-0.3, -0.25) is 4.98 Å². The standard InChI is InChI=1S/C19H19NO/c1-13-6-5-7-14(2)17(13)12-18(21)19-16-9-4-3-8-15(16)10-11-20-19/h3-11,18,21H,12H2,1-2H3. The molecule has 1 aromatic heterocycles. The Kier molecular flexibility index (Phi) is 3.72. The van der Waals surface area contributed by atoms with Crippen molar-refractivity contribution in [2.45, 2.75) is 26.4 Å². The highest BCUT2D eigenvalue weighted by Gasteiger charge is 2.15. The third kappa shape index (κ3) is 2.67. The Balaban J connectivity index is 2.00. The van der Waals surface area contributed by atoms with E-state index in [1.807, 2.05) is 30.3 Å². The second kappa shape index (κ2) is 5.66. The molecule has 1 atom stereocenters. The maximum absolute atomic E-state index is 10.7. The molecule has 2 nitrogen and oxygen atoms in total. The normalized spacial score (nSPS) is 12.5. The molecule has 106 valence electrons. The number of pyridine rings is 1. The number of fused-ring (bicyclic) bond motifs is 1. The molecule has 0 aliphatic carbocycles. The van der Waals surface area contributed by atoms with E-state index in [1.165, 1.54) is 16.7 Å². The van der Waals surface area contributed by atoms with E-state index in [1.54, 1.807) is 6.20 Å². The van der Waals surface area contributed by atoms with Gasteiger partial charge in [0, 0.05) is 18.0 Å². The quantitative estimate of drug-likeness (QED) is 0.781. The Hall–Kier alpha value is -2.19. The maximum Gasteiger partial charge on any atom is 0.101 e. The zero-order valence-electron chi connectivity index (χ0n) is 12.4. The molecule has 0 radical (unpaired) electrons. The predicted molar refractivity (Wildman–Crippen MR) is 86.3 cm³/mol. The molecule has 0 saturated carbocycles. The van der Waals surface area contributed by atoms with Gasteiger partial charge >= 0.3 is 0 Å². The maximum atomic E-state index is 10.7. The Morgan fingerprint density at radius 3 is 2.43 bits per heavy atom. The molecule has 1 N–H and O–H groups in total. The first-order chi connectivity index (χ1) is 10.2. The van der Waals surface area contributed by atoms with Crippen LogP contribution in [0.15, 0.2) is 54.7 Å². The van der Waals surface area contributed by atoms with Gasteiger partial charge in [0.15, 0.2) is 0 Å². The van der Waals surface area contributed by atoms with Crippen LogP contribution in [0.4, 0.5) is 0 Å². The van der Waals surface area contributed by atoms with E-state index in [4.69, 9.17) is 0 Å². The fourth-order valence-corrected chi connectivity index (χ4v) is 2.87. The number of aryl methyl sites for hydroxylation is 2. The number of aliphatic hydroxyl groups is 1. The first-order valence-corrected chi connectivity index (χ1v) is 7.23. The monoisotopic (exact) mass is 277 g/mol. The van der Waals surface area contributed by atoms with Crippen LogP contribution in [0.25, 0.3) is 10.8 Å². The lowest BCUT2D eigenvalue weighted by molar-refractivity contribution is 0.175. The lowest BCUT2D eigenvalue weighted by Gasteiger charge is -2.16. The van der Waals surface area contributed by atoms with Crippen molar-refractivity contribution in [3.8, 4) is 0 Å². The van der Waals surface area contributed by atoms with E-state index < -0.39 is 6.10 Å². The summed E-state index contributed by atoms with van der Waals surface area (Å²) in [6, 6.07) is 16.3. The minimum atomic E-state index is -0.587. The summed E-state index contributed by atoms with van der Waals surface area (Å²) in [5, 5.41) is 12.8. The summed E-state index contributed by atoms with van der Waals surface area (Å²) < 4.78 is 0. The SMILES string of the molecule is Cc1cccc(C)c1CC(O)c1nccc2ccccc12. The van der Waals surface area contributed by atoms with E-state index in [0.29, 0.717) is 6.42 Å². The average molecular weight is 277 g/mol. The molecule has 21 heavy (non-hydrogen) atoms. The minimum absolute atomic E-state index is 0.587. The second-order valence-corrected chi connectivity index (χ2v) is 5.51. The minimum Gasteiger partial charge on any atom is -0.386 e. The fraction of sp³-hybridized carbons (Fsp3) is 0.211. The summed E-state index contributed by atoms with van der Waals surface area (Å²) in [7, 11) is 0. The predicted octanol–water partition coefficient (Wildman–Crippen LogP) is 4.13. The van der Waals surface area contributed by atoms with E-state index in [-0.39, 0.29) is 0 Å². The number of rotatable bonds is 3. The first-order valence-electron chi connectivity index (χ1n) is 7.23. The summed E-state index contributed by atoms with van der Waals surface area (Å²) in [5.74, 6) is 0. The van der Waals surface area contributed by atoms with Crippen molar-refractivity contribution in [2.75, 3.05) is 0 Å². The molecule has 0 fully saturated rings. The second-order valence-electron chi connectivity index (χ2n) is 5.51. The van der Waals surface area contributed by atoms with E-state index >= 15 is 0 Å². The summed E-state index contributed by atoms with van der Waals surface area (Å²) in [6.45, 7) is 4.18. The van der Waals surface area contributed by atoms with Gasteiger partial charge in [-0.1, -0.05) is 42.5 Å². The molecule has 1 unspecified atom stereocenters. The van der Waals surface area contributed by atoms with Gasteiger partial charge in [-0.25, -0.2) is 0 Å². The number of hydrogen-bond acceptors (Lipinski definition) is 2. The van der Waals surface area contributed by atoms with Crippen molar-refractivity contribution < 1.29 is 5.11 Å². The third-order valence-electron chi connectivity index (χ3n) is 4.06. The smallest absolute Gasteiger partial charge is 0.101 e. The lowest BCUT2D eigenvalue weighted by Crippen LogP contribution is -2.07. The van der Waals surface area contributed by atoms with Crippen LogP contribution in [0, 0.1) is 13.8 Å². The highest BCUT2D eigenvalue weighted by molar-refractivity contribution is 5.84. The first kappa shape index (κ1) is 13.8. The van der Waals surface area contributed by atoms with Crippen LogP contribution in [-0.2, 0) is 6.42 Å². The average Bonchev–Trinajstić information content (AvgIpc) is 2.50. The molecular weight excluding hydrogens is 258 g/mol.